The smallest absolute Gasteiger partial charge is 0.181 e. The Morgan fingerprint density at radius 2 is 2.22 bits per heavy atom. The number of rotatable bonds is 2. The zero-order chi connectivity index (χ0) is 12.7. The van der Waals surface area contributed by atoms with E-state index in [9.17, 15) is 4.79 Å². The Bertz CT molecular complexity index is 743. The van der Waals surface area contributed by atoms with Crippen LogP contribution in [0.25, 0.3) is 15.9 Å². The van der Waals surface area contributed by atoms with Crippen molar-refractivity contribution in [2.45, 2.75) is 13.8 Å². The molecule has 0 fully saturated rings. The Labute approximate surface area is 107 Å². The van der Waals surface area contributed by atoms with E-state index in [1.807, 2.05) is 30.6 Å². The van der Waals surface area contributed by atoms with Gasteiger partial charge in [0.2, 0.25) is 0 Å². The summed E-state index contributed by atoms with van der Waals surface area (Å²) in [6, 6.07) is 5.86. The van der Waals surface area contributed by atoms with Gasteiger partial charge < -0.3 is 0 Å². The van der Waals surface area contributed by atoms with Gasteiger partial charge in [-0.2, -0.15) is 0 Å². The molecule has 3 rings (SSSR count). The van der Waals surface area contributed by atoms with Crippen molar-refractivity contribution in [1.82, 2.24) is 20.0 Å². The van der Waals surface area contributed by atoms with Crippen molar-refractivity contribution >= 4 is 27.3 Å². The zero-order valence-corrected chi connectivity index (χ0v) is 10.7. The fourth-order valence-electron chi connectivity index (χ4n) is 1.88. The average Bonchev–Trinajstić information content (AvgIpc) is 2.93. The van der Waals surface area contributed by atoms with Crippen molar-refractivity contribution in [2.24, 2.45) is 0 Å². The van der Waals surface area contributed by atoms with Gasteiger partial charge in [-0.3, -0.25) is 4.79 Å². The number of hydrogen-bond acceptors (Lipinski definition) is 5. The maximum atomic E-state index is 11.4. The van der Waals surface area contributed by atoms with Gasteiger partial charge in [0, 0.05) is 6.92 Å². The predicted molar refractivity (Wildman–Crippen MR) is 69.3 cm³/mol. The first-order valence-corrected chi connectivity index (χ1v) is 6.31. The third-order valence-electron chi connectivity index (χ3n) is 2.79. The van der Waals surface area contributed by atoms with Gasteiger partial charge in [-0.05, 0) is 25.1 Å². The number of Topliss-reactive ketones (excluding diaryl/α,β-unsaturated/α-hetero) is 1. The molecule has 0 atom stereocenters. The van der Waals surface area contributed by atoms with Crippen molar-refractivity contribution in [3.05, 3.63) is 35.1 Å². The van der Waals surface area contributed by atoms with E-state index in [2.05, 4.69) is 15.3 Å². The van der Waals surface area contributed by atoms with Crippen molar-refractivity contribution < 1.29 is 4.79 Å². The van der Waals surface area contributed by atoms with Crippen LogP contribution in [0, 0.1) is 6.92 Å². The Kier molecular flexibility index (Phi) is 2.45. The summed E-state index contributed by atoms with van der Waals surface area (Å²) in [6.07, 6.45) is 0. The van der Waals surface area contributed by atoms with Crippen LogP contribution in [0.15, 0.2) is 23.7 Å². The Morgan fingerprint density at radius 3 is 2.94 bits per heavy atom. The van der Waals surface area contributed by atoms with E-state index in [0.29, 0.717) is 5.69 Å². The van der Waals surface area contributed by atoms with E-state index in [0.717, 1.165) is 21.6 Å². The molecule has 0 N–H and O–H groups in total. The molecule has 0 unspecified atom stereocenters. The second-order valence-electron chi connectivity index (χ2n) is 4.00. The second-order valence-corrected chi connectivity index (χ2v) is 4.88. The van der Waals surface area contributed by atoms with Gasteiger partial charge in [0.05, 0.1) is 27.1 Å². The average molecular weight is 258 g/mol. The molecular formula is C12H10N4OS. The van der Waals surface area contributed by atoms with Crippen LogP contribution in [0.1, 0.15) is 23.1 Å². The lowest BCUT2D eigenvalue weighted by molar-refractivity contribution is 0.101. The van der Waals surface area contributed by atoms with Gasteiger partial charge in [-0.15, -0.1) is 16.4 Å². The first-order valence-electron chi connectivity index (χ1n) is 5.43. The number of carbonyl (C=O) groups is 1. The highest BCUT2D eigenvalue weighted by molar-refractivity contribution is 7.16. The van der Waals surface area contributed by atoms with Crippen LogP contribution < -0.4 is 0 Å². The summed E-state index contributed by atoms with van der Waals surface area (Å²) in [5.74, 6) is -0.0716. The molecule has 0 bridgehead atoms. The maximum absolute atomic E-state index is 11.4. The largest absolute Gasteiger partial charge is 0.293 e. The minimum atomic E-state index is -0.0716. The van der Waals surface area contributed by atoms with Crippen molar-refractivity contribution in [3.63, 3.8) is 0 Å². The van der Waals surface area contributed by atoms with Gasteiger partial charge in [0.1, 0.15) is 0 Å². The van der Waals surface area contributed by atoms with E-state index in [1.54, 1.807) is 16.0 Å². The summed E-state index contributed by atoms with van der Waals surface area (Å²) in [6.45, 7) is 3.33. The SMILES string of the molecule is CC(=O)c1nnn(-c2ccc3ncsc3c2)c1C. The molecule has 6 heteroatoms. The van der Waals surface area contributed by atoms with Gasteiger partial charge in [0.25, 0.3) is 0 Å². The number of ketones is 1. The number of carbonyl (C=O) groups excluding carboxylic acids is 1. The zero-order valence-electron chi connectivity index (χ0n) is 9.91. The molecule has 2 aromatic heterocycles. The van der Waals surface area contributed by atoms with E-state index >= 15 is 0 Å². The molecule has 0 saturated carbocycles. The molecule has 0 spiro atoms. The molecule has 18 heavy (non-hydrogen) atoms. The minimum absolute atomic E-state index is 0.0716. The first-order chi connectivity index (χ1) is 8.66. The third kappa shape index (κ3) is 1.62. The Morgan fingerprint density at radius 1 is 1.39 bits per heavy atom. The lowest BCUT2D eigenvalue weighted by atomic mass is 10.2. The van der Waals surface area contributed by atoms with E-state index in [-0.39, 0.29) is 5.78 Å². The monoisotopic (exact) mass is 258 g/mol. The summed E-state index contributed by atoms with van der Waals surface area (Å²) >= 11 is 1.58. The minimum Gasteiger partial charge on any atom is -0.293 e. The Hall–Kier alpha value is -2.08. The van der Waals surface area contributed by atoms with Crippen LogP contribution in [0.2, 0.25) is 0 Å². The molecule has 2 heterocycles. The number of hydrogen-bond donors (Lipinski definition) is 0. The molecule has 0 radical (unpaired) electrons. The standard InChI is InChI=1S/C12H10N4OS/c1-7-12(8(2)17)14-15-16(7)9-3-4-10-11(5-9)18-6-13-10/h3-6H,1-2H3. The molecule has 3 aromatic rings. The summed E-state index contributed by atoms with van der Waals surface area (Å²) in [7, 11) is 0. The van der Waals surface area contributed by atoms with Gasteiger partial charge in [-0.1, -0.05) is 5.21 Å². The van der Waals surface area contributed by atoms with Crippen LogP contribution in [0.4, 0.5) is 0 Å². The van der Waals surface area contributed by atoms with Gasteiger partial charge >= 0.3 is 0 Å². The van der Waals surface area contributed by atoms with Crippen molar-refractivity contribution in [3.8, 4) is 5.69 Å². The van der Waals surface area contributed by atoms with E-state index < -0.39 is 0 Å². The number of fused-ring (bicyclic) bond motifs is 1. The molecule has 90 valence electrons. The van der Waals surface area contributed by atoms with Crippen molar-refractivity contribution in [1.29, 1.82) is 0 Å². The fraction of sp³-hybridized carbons (Fsp3) is 0.167. The molecular weight excluding hydrogens is 248 g/mol. The van der Waals surface area contributed by atoms with Gasteiger partial charge in [0.15, 0.2) is 11.5 Å². The van der Waals surface area contributed by atoms with Crippen LogP contribution >= 0.6 is 11.3 Å². The highest BCUT2D eigenvalue weighted by atomic mass is 32.1. The number of aromatic nitrogens is 4. The highest BCUT2D eigenvalue weighted by Crippen LogP contribution is 2.22. The van der Waals surface area contributed by atoms with Gasteiger partial charge in [-0.25, -0.2) is 9.67 Å². The van der Waals surface area contributed by atoms with E-state index in [4.69, 9.17) is 0 Å². The lowest BCUT2D eigenvalue weighted by Gasteiger charge is -2.02. The third-order valence-corrected chi connectivity index (χ3v) is 3.58. The molecule has 0 aliphatic carbocycles. The summed E-state index contributed by atoms with van der Waals surface area (Å²) in [5, 5.41) is 7.94. The fourth-order valence-corrected chi connectivity index (χ4v) is 2.59. The molecule has 0 aliphatic heterocycles. The number of thiazole rings is 1. The molecule has 0 aliphatic rings. The first kappa shape index (κ1) is 11.0. The number of nitrogens with zero attached hydrogens (tertiary/aromatic N) is 4. The highest BCUT2D eigenvalue weighted by Gasteiger charge is 2.13. The maximum Gasteiger partial charge on any atom is 0.181 e. The quantitative estimate of drug-likeness (QED) is 0.662. The van der Waals surface area contributed by atoms with Crippen molar-refractivity contribution in [2.75, 3.05) is 0 Å². The predicted octanol–water partition coefficient (Wildman–Crippen LogP) is 2.39. The second kappa shape index (κ2) is 3.99. The summed E-state index contributed by atoms with van der Waals surface area (Å²) in [5.41, 5.74) is 4.84. The van der Waals surface area contributed by atoms with Crippen LogP contribution in [-0.4, -0.2) is 25.8 Å². The molecule has 0 amide bonds. The molecule has 5 nitrogen and oxygen atoms in total. The molecule has 1 aromatic carbocycles. The normalized spacial score (nSPS) is 11.0. The lowest BCUT2D eigenvalue weighted by Crippen LogP contribution is -2.00. The Balaban J connectivity index is 2.16. The van der Waals surface area contributed by atoms with E-state index in [1.165, 1.54) is 6.92 Å². The van der Waals surface area contributed by atoms with Crippen LogP contribution in [0.5, 0.6) is 0 Å². The van der Waals surface area contributed by atoms with Crippen LogP contribution in [-0.2, 0) is 0 Å². The topological polar surface area (TPSA) is 60.7 Å². The summed E-state index contributed by atoms with van der Waals surface area (Å²) < 4.78 is 2.77. The molecule has 0 saturated heterocycles. The number of benzene rings is 1. The summed E-state index contributed by atoms with van der Waals surface area (Å²) in [4.78, 5) is 15.6. The van der Waals surface area contributed by atoms with Crippen LogP contribution in [0.3, 0.4) is 0 Å².